The van der Waals surface area contributed by atoms with Crippen LogP contribution >= 0.6 is 0 Å². The number of allylic oxidation sites excluding steroid dienone is 4. The second kappa shape index (κ2) is 6.50. The summed E-state index contributed by atoms with van der Waals surface area (Å²) in [7, 11) is 0. The summed E-state index contributed by atoms with van der Waals surface area (Å²) in [5.74, 6) is 0. The van der Waals surface area contributed by atoms with E-state index < -0.39 is 0 Å². The Morgan fingerprint density at radius 2 is 1.37 bits per heavy atom. The van der Waals surface area contributed by atoms with E-state index in [1.807, 2.05) is 42.5 Å². The molecule has 0 saturated carbocycles. The van der Waals surface area contributed by atoms with Gasteiger partial charge < -0.3 is 5.41 Å². The molecule has 2 rings (SSSR count). The minimum atomic E-state index is 1.05. The lowest BCUT2D eigenvalue weighted by atomic mass is 10.00. The van der Waals surface area contributed by atoms with E-state index in [0.29, 0.717) is 0 Å². The zero-order valence-corrected chi connectivity index (χ0v) is 11.0. The van der Waals surface area contributed by atoms with Gasteiger partial charge in [-0.3, -0.25) is 0 Å². The van der Waals surface area contributed by atoms with E-state index in [4.69, 9.17) is 5.41 Å². The predicted molar refractivity (Wildman–Crippen MR) is 83.3 cm³/mol. The maximum absolute atomic E-state index is 7.30. The average Bonchev–Trinajstić information content (AvgIpc) is 2.48. The molecular formula is C18H17N. The molecule has 0 aliphatic rings. The van der Waals surface area contributed by atoms with Gasteiger partial charge in [-0.2, -0.15) is 0 Å². The molecule has 2 aromatic rings. The summed E-state index contributed by atoms with van der Waals surface area (Å²) in [6.45, 7) is 2.09. The van der Waals surface area contributed by atoms with Gasteiger partial charge in [0.1, 0.15) is 0 Å². The Hall–Kier alpha value is -2.41. The fraction of sp³-hybridized carbons (Fsp3) is 0.0556. The first-order valence-corrected chi connectivity index (χ1v) is 6.31. The highest BCUT2D eigenvalue weighted by molar-refractivity contribution is 5.91. The van der Waals surface area contributed by atoms with Crippen LogP contribution in [-0.4, -0.2) is 6.21 Å². The number of hydrogen-bond acceptors (Lipinski definition) is 1. The van der Waals surface area contributed by atoms with Gasteiger partial charge in [0.25, 0.3) is 0 Å². The van der Waals surface area contributed by atoms with Crippen LogP contribution in [0.15, 0.2) is 72.8 Å². The second-order valence-corrected chi connectivity index (χ2v) is 4.35. The zero-order chi connectivity index (χ0) is 13.5. The van der Waals surface area contributed by atoms with Crippen molar-refractivity contribution in [1.82, 2.24) is 0 Å². The smallest absolute Gasteiger partial charge is 0.0183 e. The highest BCUT2D eigenvalue weighted by atomic mass is 14.3. The molecule has 0 spiro atoms. The maximum Gasteiger partial charge on any atom is 0.0183 e. The van der Waals surface area contributed by atoms with Gasteiger partial charge in [0.15, 0.2) is 0 Å². The Balaban J connectivity index is 2.37. The Kier molecular flexibility index (Phi) is 4.46. The molecule has 0 amide bonds. The monoisotopic (exact) mass is 247 g/mol. The first-order valence-electron chi connectivity index (χ1n) is 6.31. The molecule has 1 heteroatoms. The number of hydrogen-bond donors (Lipinski definition) is 1. The summed E-state index contributed by atoms with van der Waals surface area (Å²) in [5.41, 5.74) is 4.57. The Bertz CT molecular complexity index is 592. The highest BCUT2D eigenvalue weighted by Crippen LogP contribution is 2.21. The molecule has 0 radical (unpaired) electrons. The van der Waals surface area contributed by atoms with E-state index in [1.54, 1.807) is 0 Å². The number of rotatable bonds is 4. The molecule has 0 unspecified atom stereocenters. The normalized spacial score (nSPS) is 12.3. The summed E-state index contributed by atoms with van der Waals surface area (Å²) in [4.78, 5) is 0. The van der Waals surface area contributed by atoms with Crippen LogP contribution in [0.4, 0.5) is 0 Å². The molecule has 1 N–H and O–H groups in total. The summed E-state index contributed by atoms with van der Waals surface area (Å²) < 4.78 is 0. The van der Waals surface area contributed by atoms with Gasteiger partial charge >= 0.3 is 0 Å². The molecule has 2 aromatic carbocycles. The predicted octanol–water partition coefficient (Wildman–Crippen LogP) is 4.82. The third-order valence-corrected chi connectivity index (χ3v) is 2.97. The lowest BCUT2D eigenvalue weighted by molar-refractivity contribution is 1.55. The second-order valence-electron chi connectivity index (χ2n) is 4.35. The lowest BCUT2D eigenvalue weighted by Gasteiger charge is -2.05. The Labute approximate surface area is 114 Å². The van der Waals surface area contributed by atoms with Crippen molar-refractivity contribution >= 4 is 17.4 Å². The topological polar surface area (TPSA) is 23.9 Å². The van der Waals surface area contributed by atoms with Gasteiger partial charge in [-0.25, -0.2) is 0 Å². The van der Waals surface area contributed by atoms with Gasteiger partial charge in [0.2, 0.25) is 0 Å². The Morgan fingerprint density at radius 3 is 1.89 bits per heavy atom. The van der Waals surface area contributed by atoms with Gasteiger partial charge in [-0.15, -0.1) is 0 Å². The number of nitrogens with one attached hydrogen (secondary N) is 1. The van der Waals surface area contributed by atoms with E-state index in [-0.39, 0.29) is 0 Å². The Morgan fingerprint density at radius 1 is 0.842 bits per heavy atom. The van der Waals surface area contributed by atoms with Crippen molar-refractivity contribution in [2.24, 2.45) is 0 Å². The van der Waals surface area contributed by atoms with E-state index in [2.05, 4.69) is 37.3 Å². The van der Waals surface area contributed by atoms with Crippen LogP contribution in [0.2, 0.25) is 0 Å². The summed E-state index contributed by atoms with van der Waals surface area (Å²) in [6, 6.07) is 20.4. The van der Waals surface area contributed by atoms with Crippen molar-refractivity contribution in [3.63, 3.8) is 0 Å². The molecule has 0 heterocycles. The molecule has 19 heavy (non-hydrogen) atoms. The van der Waals surface area contributed by atoms with Gasteiger partial charge in [-0.05, 0) is 35.3 Å². The molecule has 94 valence electrons. The third-order valence-electron chi connectivity index (χ3n) is 2.97. The maximum atomic E-state index is 7.30. The van der Waals surface area contributed by atoms with Crippen LogP contribution in [0.5, 0.6) is 0 Å². The molecule has 0 saturated heterocycles. The first-order chi connectivity index (χ1) is 9.31. The molecule has 0 bridgehead atoms. The van der Waals surface area contributed by atoms with Crippen LogP contribution in [0.25, 0.3) is 11.1 Å². The molecule has 0 aliphatic carbocycles. The largest absolute Gasteiger partial charge is 0.309 e. The molecule has 0 aliphatic heterocycles. The SMILES string of the molecule is C/C(=C\C(=C/C=N)c1ccccc1)c1ccccc1. The summed E-state index contributed by atoms with van der Waals surface area (Å²) >= 11 is 0. The average molecular weight is 247 g/mol. The molecule has 0 atom stereocenters. The van der Waals surface area contributed by atoms with Gasteiger partial charge in [-0.1, -0.05) is 66.7 Å². The van der Waals surface area contributed by atoms with E-state index in [0.717, 1.165) is 11.1 Å². The van der Waals surface area contributed by atoms with E-state index in [1.165, 1.54) is 17.4 Å². The van der Waals surface area contributed by atoms with Crippen molar-refractivity contribution in [1.29, 1.82) is 5.41 Å². The van der Waals surface area contributed by atoms with Crippen LogP contribution in [0.1, 0.15) is 18.1 Å². The van der Waals surface area contributed by atoms with Crippen molar-refractivity contribution < 1.29 is 0 Å². The quantitative estimate of drug-likeness (QED) is 0.591. The molecular weight excluding hydrogens is 230 g/mol. The van der Waals surface area contributed by atoms with Gasteiger partial charge in [0, 0.05) is 6.21 Å². The minimum absolute atomic E-state index is 1.05. The van der Waals surface area contributed by atoms with Crippen LogP contribution in [-0.2, 0) is 0 Å². The fourth-order valence-electron chi connectivity index (χ4n) is 1.97. The van der Waals surface area contributed by atoms with Crippen molar-refractivity contribution in [2.45, 2.75) is 6.92 Å². The fourth-order valence-corrected chi connectivity index (χ4v) is 1.97. The summed E-state index contributed by atoms with van der Waals surface area (Å²) in [6.07, 6.45) is 5.27. The van der Waals surface area contributed by atoms with Crippen molar-refractivity contribution in [3.05, 3.63) is 83.9 Å². The van der Waals surface area contributed by atoms with Gasteiger partial charge in [0.05, 0.1) is 0 Å². The highest BCUT2D eigenvalue weighted by Gasteiger charge is 1.99. The minimum Gasteiger partial charge on any atom is -0.309 e. The standard InChI is InChI=1S/C18H17N/c1-15(16-8-4-2-5-9-16)14-18(12-13-19)17-10-6-3-7-11-17/h2-14,19H,1H3/b15-14+,18-12+,19-13?. The van der Waals surface area contributed by atoms with E-state index in [9.17, 15) is 0 Å². The molecule has 0 aromatic heterocycles. The van der Waals surface area contributed by atoms with E-state index >= 15 is 0 Å². The molecule has 0 fully saturated rings. The van der Waals surface area contributed by atoms with Crippen LogP contribution < -0.4 is 0 Å². The van der Waals surface area contributed by atoms with Crippen LogP contribution in [0.3, 0.4) is 0 Å². The van der Waals surface area contributed by atoms with Crippen molar-refractivity contribution in [3.8, 4) is 0 Å². The lowest BCUT2D eigenvalue weighted by Crippen LogP contribution is -1.84. The third kappa shape index (κ3) is 3.52. The molecule has 1 nitrogen and oxygen atoms in total. The number of benzene rings is 2. The van der Waals surface area contributed by atoms with Crippen molar-refractivity contribution in [2.75, 3.05) is 0 Å². The first kappa shape index (κ1) is 13.0. The summed E-state index contributed by atoms with van der Waals surface area (Å²) in [5, 5.41) is 7.30. The van der Waals surface area contributed by atoms with Crippen LogP contribution in [0, 0.1) is 5.41 Å². The zero-order valence-electron chi connectivity index (χ0n) is 11.0.